The second-order valence-electron chi connectivity index (χ2n) is 7.34. The minimum atomic E-state index is -0.755. The SMILES string of the molecule is CCCCCCCCC1(C(=O)O)C=C(CC)C=C(CC)C1CCOC. The number of rotatable bonds is 13. The summed E-state index contributed by atoms with van der Waals surface area (Å²) in [6.45, 7) is 7.09. The topological polar surface area (TPSA) is 46.5 Å². The van der Waals surface area contributed by atoms with Crippen molar-refractivity contribution in [2.45, 2.75) is 85.0 Å². The molecule has 3 heteroatoms. The lowest BCUT2D eigenvalue weighted by Gasteiger charge is -2.40. The van der Waals surface area contributed by atoms with E-state index in [0.29, 0.717) is 6.61 Å². The lowest BCUT2D eigenvalue weighted by Crippen LogP contribution is -2.40. The molecule has 1 aliphatic carbocycles. The Balaban J connectivity index is 2.97. The normalized spacial score (nSPS) is 23.3. The first-order valence-corrected chi connectivity index (χ1v) is 10.2. The van der Waals surface area contributed by atoms with Gasteiger partial charge in [0.05, 0.1) is 5.41 Å². The highest BCUT2D eigenvalue weighted by Gasteiger charge is 2.46. The molecule has 0 heterocycles. The molecule has 0 amide bonds. The third-order valence-electron chi connectivity index (χ3n) is 5.65. The van der Waals surface area contributed by atoms with Gasteiger partial charge in [-0.3, -0.25) is 4.79 Å². The maximum absolute atomic E-state index is 12.4. The van der Waals surface area contributed by atoms with Crippen LogP contribution in [0.25, 0.3) is 0 Å². The molecule has 1 aliphatic rings. The molecule has 1 rings (SSSR count). The maximum Gasteiger partial charge on any atom is 0.314 e. The molecule has 0 aromatic rings. The van der Waals surface area contributed by atoms with E-state index < -0.39 is 11.4 Å². The van der Waals surface area contributed by atoms with Gasteiger partial charge in [-0.15, -0.1) is 0 Å². The fourth-order valence-corrected chi connectivity index (χ4v) is 4.14. The Morgan fingerprint density at radius 3 is 2.36 bits per heavy atom. The van der Waals surface area contributed by atoms with Crippen LogP contribution < -0.4 is 0 Å². The molecule has 2 atom stereocenters. The molecule has 0 saturated carbocycles. The van der Waals surface area contributed by atoms with Crippen molar-refractivity contribution in [3.63, 3.8) is 0 Å². The summed E-state index contributed by atoms with van der Waals surface area (Å²) in [6, 6.07) is 0. The van der Waals surface area contributed by atoms with E-state index >= 15 is 0 Å². The van der Waals surface area contributed by atoms with E-state index in [1.807, 2.05) is 0 Å². The average molecular weight is 351 g/mol. The number of carboxylic acids is 1. The number of aliphatic carboxylic acids is 1. The number of hydrogen-bond acceptors (Lipinski definition) is 2. The van der Waals surface area contributed by atoms with Gasteiger partial charge < -0.3 is 9.84 Å². The van der Waals surface area contributed by atoms with E-state index in [4.69, 9.17) is 4.74 Å². The van der Waals surface area contributed by atoms with Crippen LogP contribution in [-0.2, 0) is 9.53 Å². The number of carboxylic acid groups (broad SMARTS) is 1. The lowest BCUT2D eigenvalue weighted by atomic mass is 9.63. The van der Waals surface area contributed by atoms with Crippen molar-refractivity contribution in [2.75, 3.05) is 13.7 Å². The van der Waals surface area contributed by atoms with Gasteiger partial charge in [-0.05, 0) is 25.7 Å². The molecule has 0 spiro atoms. The average Bonchev–Trinajstić information content (AvgIpc) is 2.62. The Morgan fingerprint density at radius 2 is 1.80 bits per heavy atom. The molecule has 25 heavy (non-hydrogen) atoms. The Morgan fingerprint density at radius 1 is 1.12 bits per heavy atom. The summed E-state index contributed by atoms with van der Waals surface area (Å²) in [5.41, 5.74) is 1.71. The van der Waals surface area contributed by atoms with Gasteiger partial charge in [-0.2, -0.15) is 0 Å². The summed E-state index contributed by atoms with van der Waals surface area (Å²) < 4.78 is 5.29. The fourth-order valence-electron chi connectivity index (χ4n) is 4.14. The first-order chi connectivity index (χ1) is 12.1. The van der Waals surface area contributed by atoms with Crippen LogP contribution in [0.4, 0.5) is 0 Å². The van der Waals surface area contributed by atoms with Gasteiger partial charge in [0.2, 0.25) is 0 Å². The predicted molar refractivity (Wildman–Crippen MR) is 105 cm³/mol. The molecule has 0 fully saturated rings. The van der Waals surface area contributed by atoms with Crippen LogP contribution in [-0.4, -0.2) is 24.8 Å². The van der Waals surface area contributed by atoms with E-state index in [1.54, 1.807) is 7.11 Å². The molecule has 0 radical (unpaired) electrons. The molecule has 0 aromatic heterocycles. The number of unbranched alkanes of at least 4 members (excludes halogenated alkanes) is 5. The van der Waals surface area contributed by atoms with Crippen molar-refractivity contribution >= 4 is 5.97 Å². The second kappa shape index (κ2) is 11.5. The van der Waals surface area contributed by atoms with Gasteiger partial charge in [0.25, 0.3) is 0 Å². The smallest absolute Gasteiger partial charge is 0.314 e. The molecule has 0 saturated heterocycles. The fraction of sp³-hybridized carbons (Fsp3) is 0.773. The van der Waals surface area contributed by atoms with Crippen molar-refractivity contribution in [2.24, 2.45) is 11.3 Å². The lowest BCUT2D eigenvalue weighted by molar-refractivity contribution is -0.149. The highest BCUT2D eigenvalue weighted by Crippen LogP contribution is 2.47. The summed E-state index contributed by atoms with van der Waals surface area (Å²) in [4.78, 5) is 12.4. The number of carbonyl (C=O) groups is 1. The Hall–Kier alpha value is -1.09. The summed E-state index contributed by atoms with van der Waals surface area (Å²) in [5, 5.41) is 10.2. The Labute approximate surface area is 154 Å². The zero-order valence-corrected chi connectivity index (χ0v) is 16.8. The van der Waals surface area contributed by atoms with Crippen LogP contribution >= 0.6 is 0 Å². The van der Waals surface area contributed by atoms with Crippen molar-refractivity contribution in [3.05, 3.63) is 23.3 Å². The van der Waals surface area contributed by atoms with Crippen LogP contribution in [0.1, 0.15) is 85.0 Å². The van der Waals surface area contributed by atoms with Crippen molar-refractivity contribution in [1.82, 2.24) is 0 Å². The largest absolute Gasteiger partial charge is 0.481 e. The molecule has 0 aromatic carbocycles. The minimum absolute atomic E-state index is 0.0564. The summed E-state index contributed by atoms with van der Waals surface area (Å²) in [6.07, 6.45) is 14.8. The molecular formula is C22H38O3. The summed E-state index contributed by atoms with van der Waals surface area (Å²) in [5.74, 6) is -0.604. The zero-order valence-electron chi connectivity index (χ0n) is 16.8. The van der Waals surface area contributed by atoms with Crippen molar-refractivity contribution < 1.29 is 14.6 Å². The highest BCUT2D eigenvalue weighted by atomic mass is 16.5. The first kappa shape index (κ1) is 22.0. The van der Waals surface area contributed by atoms with Crippen LogP contribution in [0.15, 0.2) is 23.3 Å². The van der Waals surface area contributed by atoms with E-state index in [-0.39, 0.29) is 5.92 Å². The molecule has 0 bridgehead atoms. The number of hydrogen-bond donors (Lipinski definition) is 1. The van der Waals surface area contributed by atoms with E-state index in [2.05, 4.69) is 32.9 Å². The van der Waals surface area contributed by atoms with Gasteiger partial charge in [0.1, 0.15) is 0 Å². The monoisotopic (exact) mass is 350 g/mol. The molecule has 0 aliphatic heterocycles. The van der Waals surface area contributed by atoms with Gasteiger partial charge in [-0.25, -0.2) is 0 Å². The van der Waals surface area contributed by atoms with Crippen LogP contribution in [0.5, 0.6) is 0 Å². The standard InChI is InChI=1S/C22H38O3/c1-5-8-9-10-11-12-14-22(21(23)24)17-18(6-2)16-19(7-3)20(22)13-15-25-4/h16-17,20H,5-15H2,1-4H3,(H,23,24). The molecule has 1 N–H and O–H groups in total. The quantitative estimate of drug-likeness (QED) is 0.405. The summed E-state index contributed by atoms with van der Waals surface area (Å²) in [7, 11) is 1.70. The van der Waals surface area contributed by atoms with Crippen LogP contribution in [0, 0.1) is 11.3 Å². The summed E-state index contributed by atoms with van der Waals surface area (Å²) >= 11 is 0. The number of allylic oxidation sites excluding steroid dienone is 3. The third kappa shape index (κ3) is 5.99. The van der Waals surface area contributed by atoms with E-state index in [9.17, 15) is 9.90 Å². The number of methoxy groups -OCH3 is 1. The van der Waals surface area contributed by atoms with Crippen molar-refractivity contribution in [3.8, 4) is 0 Å². The van der Waals surface area contributed by atoms with E-state index in [0.717, 1.165) is 38.5 Å². The van der Waals surface area contributed by atoms with Crippen LogP contribution in [0.3, 0.4) is 0 Å². The first-order valence-electron chi connectivity index (χ1n) is 10.2. The van der Waals surface area contributed by atoms with E-state index in [1.165, 1.54) is 36.8 Å². The van der Waals surface area contributed by atoms with Gasteiger partial charge in [0.15, 0.2) is 0 Å². The third-order valence-corrected chi connectivity index (χ3v) is 5.65. The second-order valence-corrected chi connectivity index (χ2v) is 7.34. The molecule has 2 unspecified atom stereocenters. The van der Waals surface area contributed by atoms with Gasteiger partial charge in [0, 0.05) is 19.6 Å². The predicted octanol–water partition coefficient (Wildman–Crippen LogP) is 6.15. The molecular weight excluding hydrogens is 312 g/mol. The van der Waals surface area contributed by atoms with Gasteiger partial charge in [-0.1, -0.05) is 82.6 Å². The van der Waals surface area contributed by atoms with Crippen LogP contribution in [0.2, 0.25) is 0 Å². The molecule has 144 valence electrons. The minimum Gasteiger partial charge on any atom is -0.481 e. The number of ether oxygens (including phenoxy) is 1. The Kier molecular flexibility index (Phi) is 10.1. The highest BCUT2D eigenvalue weighted by molar-refractivity contribution is 5.79. The zero-order chi connectivity index (χ0) is 18.7. The van der Waals surface area contributed by atoms with Gasteiger partial charge >= 0.3 is 5.97 Å². The Bertz CT molecular complexity index is 464. The maximum atomic E-state index is 12.4. The molecule has 3 nitrogen and oxygen atoms in total. The van der Waals surface area contributed by atoms with Crippen molar-refractivity contribution in [1.29, 1.82) is 0 Å².